The highest BCUT2D eigenvalue weighted by Gasteiger charge is 2.03. The van der Waals surface area contributed by atoms with E-state index in [0.717, 1.165) is 12.2 Å². The first kappa shape index (κ1) is 16.5. The van der Waals surface area contributed by atoms with Crippen molar-refractivity contribution >= 4 is 15.8 Å². The summed E-state index contributed by atoms with van der Waals surface area (Å²) >= 11 is 0. The normalized spacial score (nSPS) is 12.4. The molecule has 0 unspecified atom stereocenters. The molecule has 20 heavy (non-hydrogen) atoms. The fourth-order valence-electron chi connectivity index (χ4n) is 1.60. The molecule has 0 spiro atoms. The van der Waals surface area contributed by atoms with Crippen molar-refractivity contribution in [2.24, 2.45) is 12.0 Å². The molecule has 1 heterocycles. The van der Waals surface area contributed by atoms with E-state index in [2.05, 4.69) is 20.7 Å². The molecular weight excluding hydrogens is 278 g/mol. The summed E-state index contributed by atoms with van der Waals surface area (Å²) in [5, 5.41) is 10.3. The lowest BCUT2D eigenvalue weighted by molar-refractivity contribution is 0.598. The molecule has 2 N–H and O–H groups in total. The maximum atomic E-state index is 11.0. The predicted octanol–water partition coefficient (Wildman–Crippen LogP) is -0.0901. The lowest BCUT2D eigenvalue weighted by Crippen LogP contribution is -2.38. The highest BCUT2D eigenvalue weighted by atomic mass is 32.2. The van der Waals surface area contributed by atoms with Crippen molar-refractivity contribution < 1.29 is 8.42 Å². The Morgan fingerprint density at radius 2 is 2.20 bits per heavy atom. The first-order valence-electron chi connectivity index (χ1n) is 6.59. The van der Waals surface area contributed by atoms with Gasteiger partial charge in [-0.1, -0.05) is 0 Å². The number of rotatable bonds is 7. The average Bonchev–Trinajstić information content (AvgIpc) is 2.76. The molecule has 7 nitrogen and oxygen atoms in total. The Labute approximate surface area is 120 Å². The van der Waals surface area contributed by atoms with Gasteiger partial charge in [-0.05, 0) is 19.4 Å². The molecule has 0 amide bonds. The molecule has 0 bridgehead atoms. The van der Waals surface area contributed by atoms with Gasteiger partial charge in [0.15, 0.2) is 5.96 Å². The minimum absolute atomic E-state index is 0.182. The number of guanidine groups is 1. The van der Waals surface area contributed by atoms with Crippen molar-refractivity contribution in [2.75, 3.05) is 25.1 Å². The monoisotopic (exact) mass is 301 g/mol. The van der Waals surface area contributed by atoms with E-state index < -0.39 is 9.84 Å². The van der Waals surface area contributed by atoms with E-state index in [0.29, 0.717) is 25.5 Å². The number of nitrogens with one attached hydrogen (secondary N) is 2. The Hall–Kier alpha value is -1.57. The number of aromatic nitrogens is 2. The van der Waals surface area contributed by atoms with Crippen LogP contribution in [0, 0.1) is 0 Å². The predicted molar refractivity (Wildman–Crippen MR) is 80.4 cm³/mol. The quantitative estimate of drug-likeness (QED) is 0.417. The van der Waals surface area contributed by atoms with Crippen LogP contribution in [0.5, 0.6) is 0 Å². The van der Waals surface area contributed by atoms with Crippen molar-refractivity contribution in [3.63, 3.8) is 0 Å². The van der Waals surface area contributed by atoms with E-state index >= 15 is 0 Å². The second kappa shape index (κ2) is 7.88. The highest BCUT2D eigenvalue weighted by Crippen LogP contribution is 1.98. The van der Waals surface area contributed by atoms with Crippen LogP contribution in [0.1, 0.15) is 19.0 Å². The summed E-state index contributed by atoms with van der Waals surface area (Å²) in [5.74, 6) is 0.864. The van der Waals surface area contributed by atoms with E-state index in [1.807, 2.05) is 20.0 Å². The van der Waals surface area contributed by atoms with E-state index in [9.17, 15) is 8.42 Å². The molecule has 0 aliphatic rings. The molecule has 0 radical (unpaired) electrons. The molecule has 0 aliphatic heterocycles. The summed E-state index contributed by atoms with van der Waals surface area (Å²) in [6.45, 7) is 3.84. The molecule has 1 aromatic rings. The second-order valence-corrected chi connectivity index (χ2v) is 6.81. The zero-order valence-electron chi connectivity index (χ0n) is 12.3. The standard InChI is InChI=1S/C12H23N5O2S/c1-4-13-12(14-7-5-9-20(3,18)19)15-10-11-6-8-16-17(11)2/h6,8H,4-5,7,9-10H2,1-3H3,(H2,13,14,15). The third kappa shape index (κ3) is 6.55. The van der Waals surface area contributed by atoms with Gasteiger partial charge in [-0.3, -0.25) is 4.68 Å². The van der Waals surface area contributed by atoms with Crippen LogP contribution in [0.3, 0.4) is 0 Å². The highest BCUT2D eigenvalue weighted by molar-refractivity contribution is 7.90. The SMILES string of the molecule is CCNC(=NCc1ccnn1C)NCCCS(C)(=O)=O. The molecule has 0 saturated carbocycles. The topological polar surface area (TPSA) is 88.4 Å². The van der Waals surface area contributed by atoms with E-state index in [1.165, 1.54) is 6.26 Å². The number of nitrogens with zero attached hydrogens (tertiary/aromatic N) is 3. The molecule has 0 fully saturated rings. The molecule has 0 aliphatic carbocycles. The smallest absolute Gasteiger partial charge is 0.191 e. The molecule has 114 valence electrons. The van der Waals surface area contributed by atoms with Gasteiger partial charge in [0.1, 0.15) is 9.84 Å². The molecule has 1 aromatic heterocycles. The molecule has 0 atom stereocenters. The van der Waals surface area contributed by atoms with E-state index in [1.54, 1.807) is 10.9 Å². The Morgan fingerprint density at radius 3 is 2.75 bits per heavy atom. The van der Waals surface area contributed by atoms with Gasteiger partial charge < -0.3 is 10.6 Å². The number of sulfone groups is 1. The molecule has 0 saturated heterocycles. The first-order chi connectivity index (χ1) is 9.42. The lowest BCUT2D eigenvalue weighted by atomic mass is 10.4. The van der Waals surface area contributed by atoms with Crippen LogP contribution in [0.25, 0.3) is 0 Å². The Bertz CT molecular complexity index is 536. The lowest BCUT2D eigenvalue weighted by Gasteiger charge is -2.11. The molecule has 8 heteroatoms. The summed E-state index contributed by atoms with van der Waals surface area (Å²) in [6, 6.07) is 1.91. The van der Waals surface area contributed by atoms with Crippen LogP contribution in [0.2, 0.25) is 0 Å². The van der Waals surface area contributed by atoms with E-state index in [-0.39, 0.29) is 5.75 Å². The molecule has 0 aromatic carbocycles. The minimum atomic E-state index is -2.90. The van der Waals surface area contributed by atoms with Crippen LogP contribution in [-0.4, -0.2) is 49.3 Å². The van der Waals surface area contributed by atoms with Gasteiger partial charge in [-0.25, -0.2) is 13.4 Å². The number of hydrogen-bond acceptors (Lipinski definition) is 4. The van der Waals surface area contributed by atoms with Gasteiger partial charge in [-0.2, -0.15) is 5.10 Å². The summed E-state index contributed by atoms with van der Waals surface area (Å²) in [6.07, 6.45) is 3.54. The van der Waals surface area contributed by atoms with Crippen molar-refractivity contribution in [2.45, 2.75) is 19.9 Å². The Kier molecular flexibility index (Phi) is 6.50. The number of aryl methyl sites for hydroxylation is 1. The average molecular weight is 301 g/mol. The van der Waals surface area contributed by atoms with Crippen LogP contribution < -0.4 is 10.6 Å². The zero-order valence-corrected chi connectivity index (χ0v) is 13.1. The Morgan fingerprint density at radius 1 is 1.45 bits per heavy atom. The molecular formula is C12H23N5O2S. The summed E-state index contributed by atoms with van der Waals surface area (Å²) < 4.78 is 23.8. The van der Waals surface area contributed by atoms with Crippen LogP contribution in [0.4, 0.5) is 0 Å². The van der Waals surface area contributed by atoms with Crippen molar-refractivity contribution in [3.8, 4) is 0 Å². The number of hydrogen-bond donors (Lipinski definition) is 2. The third-order valence-electron chi connectivity index (χ3n) is 2.65. The van der Waals surface area contributed by atoms with Crippen LogP contribution >= 0.6 is 0 Å². The van der Waals surface area contributed by atoms with Gasteiger partial charge in [0.05, 0.1) is 18.0 Å². The van der Waals surface area contributed by atoms with Crippen LogP contribution in [0.15, 0.2) is 17.3 Å². The maximum Gasteiger partial charge on any atom is 0.191 e. The van der Waals surface area contributed by atoms with E-state index in [4.69, 9.17) is 0 Å². The van der Waals surface area contributed by atoms with Crippen molar-refractivity contribution in [1.29, 1.82) is 0 Å². The van der Waals surface area contributed by atoms with Gasteiger partial charge in [0.2, 0.25) is 0 Å². The minimum Gasteiger partial charge on any atom is -0.357 e. The Balaban J connectivity index is 2.45. The van der Waals surface area contributed by atoms with Gasteiger partial charge in [0.25, 0.3) is 0 Å². The number of aliphatic imine (C=N–C) groups is 1. The van der Waals surface area contributed by atoms with Gasteiger partial charge in [0, 0.05) is 32.6 Å². The maximum absolute atomic E-state index is 11.0. The summed E-state index contributed by atoms with van der Waals surface area (Å²) in [7, 11) is -1.03. The zero-order chi connectivity index (χ0) is 15.0. The van der Waals surface area contributed by atoms with Crippen molar-refractivity contribution in [3.05, 3.63) is 18.0 Å². The first-order valence-corrected chi connectivity index (χ1v) is 8.65. The second-order valence-electron chi connectivity index (χ2n) is 4.55. The largest absolute Gasteiger partial charge is 0.357 e. The fraction of sp³-hybridized carbons (Fsp3) is 0.667. The fourth-order valence-corrected chi connectivity index (χ4v) is 2.27. The van der Waals surface area contributed by atoms with Crippen LogP contribution in [-0.2, 0) is 23.4 Å². The summed E-state index contributed by atoms with van der Waals surface area (Å²) in [4.78, 5) is 4.43. The van der Waals surface area contributed by atoms with Gasteiger partial charge >= 0.3 is 0 Å². The third-order valence-corrected chi connectivity index (χ3v) is 3.68. The summed E-state index contributed by atoms with van der Waals surface area (Å²) in [5.41, 5.74) is 1.01. The van der Waals surface area contributed by atoms with Crippen molar-refractivity contribution in [1.82, 2.24) is 20.4 Å². The van der Waals surface area contributed by atoms with Gasteiger partial charge in [-0.15, -0.1) is 0 Å². The molecule has 1 rings (SSSR count).